The highest BCUT2D eigenvalue weighted by Crippen LogP contribution is 2.27. The van der Waals surface area contributed by atoms with E-state index in [0.29, 0.717) is 35.2 Å². The highest BCUT2D eigenvalue weighted by molar-refractivity contribution is 5.98. The molecule has 0 atom stereocenters. The summed E-state index contributed by atoms with van der Waals surface area (Å²) in [4.78, 5) is 0. The van der Waals surface area contributed by atoms with Gasteiger partial charge in [0.2, 0.25) is 0 Å². The molecule has 0 fully saturated rings. The van der Waals surface area contributed by atoms with E-state index in [-0.39, 0.29) is 5.84 Å². The first kappa shape index (κ1) is 22.4. The van der Waals surface area contributed by atoms with Crippen LogP contribution in [0.25, 0.3) is 0 Å². The standard InChI is InChI=1S/C25H26N4O3/c1-18(25(26)28-17-19-10-13-23(30-3)16-24(19)31-4)29(27-2)20-11-14-22(15-12-20)32-21-8-6-5-7-9-21/h5-16H,1-2,17H2,3-4H3,(H2,26,28). The molecule has 3 aromatic carbocycles. The van der Waals surface area contributed by atoms with Crippen molar-refractivity contribution in [2.45, 2.75) is 6.54 Å². The smallest absolute Gasteiger partial charge is 0.144 e. The van der Waals surface area contributed by atoms with E-state index in [4.69, 9.17) is 19.6 Å². The maximum absolute atomic E-state index is 8.39. The molecule has 0 spiro atoms. The quantitative estimate of drug-likeness (QED) is 0.263. The van der Waals surface area contributed by atoms with Gasteiger partial charge in [-0.25, -0.2) is 5.01 Å². The van der Waals surface area contributed by atoms with Crippen LogP contribution < -0.4 is 24.5 Å². The molecule has 0 aliphatic carbocycles. The molecule has 0 heterocycles. The Labute approximate surface area is 188 Å². The zero-order valence-corrected chi connectivity index (χ0v) is 18.2. The molecule has 0 aromatic heterocycles. The van der Waals surface area contributed by atoms with Crippen molar-refractivity contribution in [1.82, 2.24) is 5.32 Å². The SMILES string of the molecule is C=NN(C(=C)C(=N)NCc1ccc(OC)cc1OC)c1ccc(Oc2ccccc2)cc1. The van der Waals surface area contributed by atoms with Crippen LogP contribution in [-0.2, 0) is 6.54 Å². The summed E-state index contributed by atoms with van der Waals surface area (Å²) in [6.45, 7) is 7.99. The van der Waals surface area contributed by atoms with Gasteiger partial charge < -0.3 is 19.5 Å². The number of hydrazone groups is 1. The van der Waals surface area contributed by atoms with Gasteiger partial charge in [0.1, 0.15) is 28.8 Å². The average Bonchev–Trinajstić information content (AvgIpc) is 2.84. The van der Waals surface area contributed by atoms with Crippen molar-refractivity contribution < 1.29 is 14.2 Å². The fourth-order valence-corrected chi connectivity index (χ4v) is 2.99. The Balaban J connectivity index is 1.65. The van der Waals surface area contributed by atoms with Crippen LogP contribution in [0.3, 0.4) is 0 Å². The third-order valence-corrected chi connectivity index (χ3v) is 4.70. The summed E-state index contributed by atoms with van der Waals surface area (Å²) < 4.78 is 16.4. The van der Waals surface area contributed by atoms with Gasteiger partial charge in [-0.05, 0) is 48.5 Å². The predicted molar refractivity (Wildman–Crippen MR) is 128 cm³/mol. The summed E-state index contributed by atoms with van der Waals surface area (Å²) in [5.41, 5.74) is 1.94. The Morgan fingerprint density at radius 3 is 2.22 bits per heavy atom. The number of hydrogen-bond acceptors (Lipinski definition) is 6. The molecule has 7 nitrogen and oxygen atoms in total. The number of nitrogens with zero attached hydrogens (tertiary/aromatic N) is 2. The molecule has 164 valence electrons. The minimum atomic E-state index is 0.111. The van der Waals surface area contributed by atoms with Gasteiger partial charge in [0, 0.05) is 24.9 Å². The van der Waals surface area contributed by atoms with Crippen LogP contribution in [0, 0.1) is 5.41 Å². The number of ether oxygens (including phenoxy) is 3. The summed E-state index contributed by atoms with van der Waals surface area (Å²) in [5.74, 6) is 2.92. The van der Waals surface area contributed by atoms with Crippen molar-refractivity contribution in [3.05, 3.63) is 90.6 Å². The van der Waals surface area contributed by atoms with Gasteiger partial charge in [0.05, 0.1) is 25.6 Å². The van der Waals surface area contributed by atoms with E-state index in [9.17, 15) is 0 Å². The number of hydrogen-bond donors (Lipinski definition) is 2. The fourth-order valence-electron chi connectivity index (χ4n) is 2.99. The Kier molecular flexibility index (Phi) is 7.48. The second-order valence-corrected chi connectivity index (χ2v) is 6.72. The van der Waals surface area contributed by atoms with Crippen molar-refractivity contribution in [3.63, 3.8) is 0 Å². The molecule has 3 rings (SSSR count). The number of methoxy groups -OCH3 is 2. The van der Waals surface area contributed by atoms with Crippen LogP contribution in [0.4, 0.5) is 5.69 Å². The van der Waals surface area contributed by atoms with E-state index in [1.54, 1.807) is 20.3 Å². The van der Waals surface area contributed by atoms with E-state index in [1.807, 2.05) is 66.7 Å². The first-order valence-corrected chi connectivity index (χ1v) is 9.88. The van der Waals surface area contributed by atoms with Gasteiger partial charge in [-0.1, -0.05) is 24.8 Å². The Morgan fingerprint density at radius 2 is 1.59 bits per heavy atom. The molecule has 7 heteroatoms. The maximum atomic E-state index is 8.39. The third-order valence-electron chi connectivity index (χ3n) is 4.70. The van der Waals surface area contributed by atoms with Crippen molar-refractivity contribution in [2.24, 2.45) is 5.10 Å². The normalized spacial score (nSPS) is 10.1. The lowest BCUT2D eigenvalue weighted by Gasteiger charge is -2.22. The van der Waals surface area contributed by atoms with Gasteiger partial charge in [-0.2, -0.15) is 5.10 Å². The number of rotatable bonds is 10. The molecule has 0 aliphatic heterocycles. The average molecular weight is 431 g/mol. The van der Waals surface area contributed by atoms with E-state index < -0.39 is 0 Å². The molecule has 0 unspecified atom stereocenters. The largest absolute Gasteiger partial charge is 0.497 e. The van der Waals surface area contributed by atoms with Crippen LogP contribution in [0.5, 0.6) is 23.0 Å². The molecule has 0 amide bonds. The number of amidine groups is 1. The summed E-state index contributed by atoms with van der Waals surface area (Å²) >= 11 is 0. The van der Waals surface area contributed by atoms with Crippen LogP contribution in [-0.4, -0.2) is 26.8 Å². The lowest BCUT2D eigenvalue weighted by Crippen LogP contribution is -2.31. The van der Waals surface area contributed by atoms with Crippen molar-refractivity contribution in [2.75, 3.05) is 19.2 Å². The first-order valence-electron chi connectivity index (χ1n) is 9.88. The Morgan fingerprint density at radius 1 is 0.938 bits per heavy atom. The summed E-state index contributed by atoms with van der Waals surface area (Å²) in [6, 6.07) is 22.4. The predicted octanol–water partition coefficient (Wildman–Crippen LogP) is 5.20. The number of para-hydroxylation sites is 1. The molecule has 32 heavy (non-hydrogen) atoms. The second-order valence-electron chi connectivity index (χ2n) is 6.72. The Hall–Kier alpha value is -4.26. The van der Waals surface area contributed by atoms with E-state index in [0.717, 1.165) is 11.3 Å². The minimum Gasteiger partial charge on any atom is -0.497 e. The van der Waals surface area contributed by atoms with Gasteiger partial charge >= 0.3 is 0 Å². The topological polar surface area (TPSA) is 79.2 Å². The van der Waals surface area contributed by atoms with Gasteiger partial charge in [-0.3, -0.25) is 5.41 Å². The highest BCUT2D eigenvalue weighted by atomic mass is 16.5. The number of benzene rings is 3. The molecular formula is C25H26N4O3. The molecule has 3 aromatic rings. The molecule has 2 N–H and O–H groups in total. The molecule has 0 bridgehead atoms. The lowest BCUT2D eigenvalue weighted by atomic mass is 10.2. The molecule has 0 aliphatic rings. The summed E-state index contributed by atoms with van der Waals surface area (Å²) in [7, 11) is 3.20. The summed E-state index contributed by atoms with van der Waals surface area (Å²) in [6.07, 6.45) is 0. The van der Waals surface area contributed by atoms with Crippen LogP contribution >= 0.6 is 0 Å². The minimum absolute atomic E-state index is 0.111. The number of nitrogens with one attached hydrogen (secondary N) is 2. The molecular weight excluding hydrogens is 404 g/mol. The van der Waals surface area contributed by atoms with Gasteiger partial charge in [0.25, 0.3) is 0 Å². The van der Waals surface area contributed by atoms with Crippen LogP contribution in [0.2, 0.25) is 0 Å². The van der Waals surface area contributed by atoms with Crippen LogP contribution in [0.1, 0.15) is 5.56 Å². The maximum Gasteiger partial charge on any atom is 0.144 e. The first-order chi connectivity index (χ1) is 15.5. The molecule has 0 saturated heterocycles. The van der Waals surface area contributed by atoms with Crippen molar-refractivity contribution in [1.29, 1.82) is 5.41 Å². The van der Waals surface area contributed by atoms with Crippen molar-refractivity contribution in [3.8, 4) is 23.0 Å². The third kappa shape index (κ3) is 5.46. The summed E-state index contributed by atoms with van der Waals surface area (Å²) in [5, 5.41) is 17.0. The Bertz CT molecular complexity index is 1080. The number of anilines is 1. The molecule has 0 radical (unpaired) electrons. The monoisotopic (exact) mass is 430 g/mol. The zero-order valence-electron chi connectivity index (χ0n) is 18.2. The van der Waals surface area contributed by atoms with E-state index in [1.165, 1.54) is 5.01 Å². The van der Waals surface area contributed by atoms with Gasteiger partial charge in [0.15, 0.2) is 0 Å². The highest BCUT2D eigenvalue weighted by Gasteiger charge is 2.14. The lowest BCUT2D eigenvalue weighted by molar-refractivity contribution is 0.390. The van der Waals surface area contributed by atoms with E-state index >= 15 is 0 Å². The van der Waals surface area contributed by atoms with Gasteiger partial charge in [-0.15, -0.1) is 0 Å². The van der Waals surface area contributed by atoms with Crippen LogP contribution in [0.15, 0.2) is 90.2 Å². The van der Waals surface area contributed by atoms with E-state index in [2.05, 4.69) is 23.7 Å². The second kappa shape index (κ2) is 10.7. The van der Waals surface area contributed by atoms with Crippen molar-refractivity contribution >= 4 is 18.2 Å². The fraction of sp³-hybridized carbons (Fsp3) is 0.120. The zero-order chi connectivity index (χ0) is 22.9. The molecule has 0 saturated carbocycles.